The Bertz CT molecular complexity index is 206. The van der Waals surface area contributed by atoms with E-state index < -0.39 is 0 Å². The van der Waals surface area contributed by atoms with Gasteiger partial charge in [-0.1, -0.05) is 11.6 Å². The number of hydrogen-bond acceptors (Lipinski definition) is 2. The molecule has 0 saturated carbocycles. The molecule has 3 heteroatoms. The quantitative estimate of drug-likeness (QED) is 0.620. The summed E-state index contributed by atoms with van der Waals surface area (Å²) >= 11 is 5.88. The minimum Gasteiger partial charge on any atom is -0.515 e. The van der Waals surface area contributed by atoms with Crippen LogP contribution in [0.1, 0.15) is 19.3 Å². The normalized spacial score (nSPS) is 22.5. The molecular weight excluding hydrogens is 164 g/mol. The molecule has 0 aromatic rings. The summed E-state index contributed by atoms with van der Waals surface area (Å²) in [4.78, 5) is 0. The molecule has 2 nitrogen and oxygen atoms in total. The molecule has 62 valence electrons. The van der Waals surface area contributed by atoms with Crippen molar-refractivity contribution in [3.05, 3.63) is 22.6 Å². The zero-order chi connectivity index (χ0) is 8.27. The summed E-state index contributed by atoms with van der Waals surface area (Å²) in [6.07, 6.45) is 3.75. The van der Waals surface area contributed by atoms with Gasteiger partial charge in [0.25, 0.3) is 0 Å². The number of ether oxygens (including phenoxy) is 1. The molecule has 0 unspecified atom stereocenters. The third-order valence-electron chi connectivity index (χ3n) is 1.78. The van der Waals surface area contributed by atoms with Crippen molar-refractivity contribution in [3.63, 3.8) is 0 Å². The highest BCUT2D eigenvalue weighted by molar-refractivity contribution is 6.32. The summed E-state index contributed by atoms with van der Waals surface area (Å²) in [6, 6.07) is 0. The molecule has 0 atom stereocenters. The van der Waals surface area contributed by atoms with E-state index in [9.17, 15) is 0 Å². The minimum absolute atomic E-state index is 0.571. The molecule has 0 aliphatic heterocycles. The number of allylic oxidation sites excluding steroid dienone is 3. The van der Waals surface area contributed by atoms with Gasteiger partial charge < -0.3 is 9.84 Å². The molecule has 0 heterocycles. The second-order valence-electron chi connectivity index (χ2n) is 2.45. The number of halogens is 1. The standard InChI is InChI=1S/C8H11ClO2/c1-11-7-4-2-3-6(5-10)8(7)9/h5,10H,2-4H2,1H3/b6-5+. The molecule has 0 spiro atoms. The molecule has 0 aromatic heterocycles. The van der Waals surface area contributed by atoms with Crippen LogP contribution in [0.25, 0.3) is 0 Å². The van der Waals surface area contributed by atoms with E-state index in [2.05, 4.69) is 0 Å². The summed E-state index contributed by atoms with van der Waals surface area (Å²) in [5.41, 5.74) is 0.773. The van der Waals surface area contributed by atoms with Crippen LogP contribution in [0.15, 0.2) is 22.6 Å². The lowest BCUT2D eigenvalue weighted by atomic mass is 10.0. The number of methoxy groups -OCH3 is 1. The first kappa shape index (κ1) is 8.47. The summed E-state index contributed by atoms with van der Waals surface area (Å²) in [5.74, 6) is 0.776. The topological polar surface area (TPSA) is 29.5 Å². The van der Waals surface area contributed by atoms with Crippen LogP contribution >= 0.6 is 11.6 Å². The Kier molecular flexibility index (Phi) is 2.83. The Labute approximate surface area is 71.1 Å². The van der Waals surface area contributed by atoms with Gasteiger partial charge in [0.15, 0.2) is 0 Å². The van der Waals surface area contributed by atoms with Gasteiger partial charge in [0.1, 0.15) is 5.76 Å². The van der Waals surface area contributed by atoms with E-state index in [1.165, 1.54) is 0 Å². The lowest BCUT2D eigenvalue weighted by molar-refractivity contribution is 0.269. The van der Waals surface area contributed by atoms with E-state index in [-0.39, 0.29) is 0 Å². The Morgan fingerprint density at radius 1 is 1.55 bits per heavy atom. The first-order valence-electron chi connectivity index (χ1n) is 3.56. The van der Waals surface area contributed by atoms with Crippen molar-refractivity contribution in [2.75, 3.05) is 7.11 Å². The van der Waals surface area contributed by atoms with Gasteiger partial charge in [-0.15, -0.1) is 0 Å². The van der Waals surface area contributed by atoms with Crippen LogP contribution in [0.3, 0.4) is 0 Å². The number of hydrogen-bond donors (Lipinski definition) is 1. The fourth-order valence-corrected chi connectivity index (χ4v) is 1.47. The van der Waals surface area contributed by atoms with Crippen LogP contribution in [0.4, 0.5) is 0 Å². The fourth-order valence-electron chi connectivity index (χ4n) is 1.15. The van der Waals surface area contributed by atoms with E-state index in [1.54, 1.807) is 7.11 Å². The second-order valence-corrected chi connectivity index (χ2v) is 2.83. The summed E-state index contributed by atoms with van der Waals surface area (Å²) < 4.78 is 5.03. The third-order valence-corrected chi connectivity index (χ3v) is 2.23. The molecule has 0 bridgehead atoms. The average molecular weight is 175 g/mol. The van der Waals surface area contributed by atoms with Gasteiger partial charge in [0, 0.05) is 12.0 Å². The van der Waals surface area contributed by atoms with Crippen molar-refractivity contribution in [1.82, 2.24) is 0 Å². The molecule has 11 heavy (non-hydrogen) atoms. The van der Waals surface area contributed by atoms with Crippen LogP contribution in [-0.2, 0) is 4.74 Å². The van der Waals surface area contributed by atoms with Crippen LogP contribution in [-0.4, -0.2) is 12.2 Å². The SMILES string of the molecule is COC1=C(Cl)/C(=C/O)CCC1. The maximum atomic E-state index is 8.74. The number of aliphatic hydroxyl groups is 1. The first-order chi connectivity index (χ1) is 5.29. The largest absolute Gasteiger partial charge is 0.515 e. The van der Waals surface area contributed by atoms with E-state index >= 15 is 0 Å². The molecule has 0 saturated heterocycles. The maximum absolute atomic E-state index is 8.74. The number of rotatable bonds is 1. The third kappa shape index (κ3) is 1.69. The second kappa shape index (κ2) is 3.67. The van der Waals surface area contributed by atoms with E-state index in [1.807, 2.05) is 0 Å². The molecule has 0 amide bonds. The zero-order valence-corrected chi connectivity index (χ0v) is 7.19. The molecule has 1 aliphatic rings. The van der Waals surface area contributed by atoms with Crippen molar-refractivity contribution >= 4 is 11.6 Å². The van der Waals surface area contributed by atoms with Crippen LogP contribution in [0.2, 0.25) is 0 Å². The van der Waals surface area contributed by atoms with Crippen LogP contribution in [0, 0.1) is 0 Å². The molecule has 0 radical (unpaired) electrons. The van der Waals surface area contributed by atoms with Crippen molar-refractivity contribution in [3.8, 4) is 0 Å². The van der Waals surface area contributed by atoms with Gasteiger partial charge in [-0.3, -0.25) is 0 Å². The minimum atomic E-state index is 0.571. The molecule has 0 aromatic carbocycles. The first-order valence-corrected chi connectivity index (χ1v) is 3.93. The highest BCUT2D eigenvalue weighted by Crippen LogP contribution is 2.31. The lowest BCUT2D eigenvalue weighted by Gasteiger charge is -2.16. The van der Waals surface area contributed by atoms with Gasteiger partial charge in [-0.2, -0.15) is 0 Å². The Balaban J connectivity index is 2.89. The van der Waals surface area contributed by atoms with Crippen molar-refractivity contribution in [1.29, 1.82) is 0 Å². The van der Waals surface area contributed by atoms with Crippen LogP contribution < -0.4 is 0 Å². The van der Waals surface area contributed by atoms with Gasteiger partial charge in [0.2, 0.25) is 0 Å². The molecule has 1 rings (SSSR count). The Morgan fingerprint density at radius 3 is 2.82 bits per heavy atom. The van der Waals surface area contributed by atoms with Crippen molar-refractivity contribution in [2.45, 2.75) is 19.3 Å². The summed E-state index contributed by atoms with van der Waals surface area (Å²) in [6.45, 7) is 0. The lowest BCUT2D eigenvalue weighted by Crippen LogP contribution is -2.00. The number of aliphatic hydroxyl groups excluding tert-OH is 1. The van der Waals surface area contributed by atoms with Gasteiger partial charge in [-0.25, -0.2) is 0 Å². The summed E-state index contributed by atoms with van der Waals surface area (Å²) in [7, 11) is 1.60. The Morgan fingerprint density at radius 2 is 2.27 bits per heavy atom. The predicted octanol–water partition coefficient (Wildman–Crippen LogP) is 2.71. The molecule has 1 aliphatic carbocycles. The Hall–Kier alpha value is -0.630. The molecule has 1 N–H and O–H groups in total. The maximum Gasteiger partial charge on any atom is 0.114 e. The average Bonchev–Trinajstić information content (AvgIpc) is 2.05. The van der Waals surface area contributed by atoms with E-state index in [4.69, 9.17) is 21.4 Å². The highest BCUT2D eigenvalue weighted by Gasteiger charge is 2.15. The van der Waals surface area contributed by atoms with Gasteiger partial charge in [0.05, 0.1) is 18.4 Å². The molecular formula is C8H11ClO2. The fraction of sp³-hybridized carbons (Fsp3) is 0.500. The summed E-state index contributed by atoms with van der Waals surface area (Å²) in [5, 5.41) is 9.31. The van der Waals surface area contributed by atoms with Gasteiger partial charge in [-0.05, 0) is 12.8 Å². The van der Waals surface area contributed by atoms with E-state index in [0.717, 1.165) is 36.9 Å². The monoisotopic (exact) mass is 174 g/mol. The zero-order valence-electron chi connectivity index (χ0n) is 6.43. The van der Waals surface area contributed by atoms with Crippen molar-refractivity contribution < 1.29 is 9.84 Å². The van der Waals surface area contributed by atoms with E-state index in [0.29, 0.717) is 5.03 Å². The predicted molar refractivity (Wildman–Crippen MR) is 44.5 cm³/mol. The molecule has 0 fully saturated rings. The van der Waals surface area contributed by atoms with Crippen LogP contribution in [0.5, 0.6) is 0 Å². The van der Waals surface area contributed by atoms with Crippen molar-refractivity contribution in [2.24, 2.45) is 0 Å². The smallest absolute Gasteiger partial charge is 0.114 e. The van der Waals surface area contributed by atoms with Gasteiger partial charge >= 0.3 is 0 Å². The highest BCUT2D eigenvalue weighted by atomic mass is 35.5.